The second kappa shape index (κ2) is 9.38. The van der Waals surface area contributed by atoms with Crippen LogP contribution in [0.2, 0.25) is 0 Å². The molecule has 7 nitrogen and oxygen atoms in total. The Hall–Kier alpha value is -3.13. The fourth-order valence-electron chi connectivity index (χ4n) is 3.07. The van der Waals surface area contributed by atoms with E-state index in [2.05, 4.69) is 5.32 Å². The smallest absolute Gasteiger partial charge is 0.410 e. The fraction of sp³-hybridized carbons (Fsp3) is 0.286. The number of nitrogens with zero attached hydrogens (tertiary/aromatic N) is 1. The molecular formula is C21H22N2O5S. The molecule has 8 heteroatoms. The van der Waals surface area contributed by atoms with Crippen LogP contribution in [0.5, 0.6) is 0 Å². The van der Waals surface area contributed by atoms with Crippen molar-refractivity contribution in [2.75, 3.05) is 25.6 Å². The molecule has 0 radical (unpaired) electrons. The van der Waals surface area contributed by atoms with Crippen LogP contribution in [0, 0.1) is 0 Å². The molecule has 3 rings (SSSR count). The number of rotatable bonds is 5. The molecule has 0 spiro atoms. The maximum Gasteiger partial charge on any atom is 0.410 e. The Morgan fingerprint density at radius 2 is 2.00 bits per heavy atom. The SMILES string of the molecule is CCOC(=O)N1CCc2c(sc(NC(=O)C=Cc3ccccc3)c2C(=O)OC)C1. The molecule has 0 unspecified atom stereocenters. The van der Waals surface area contributed by atoms with Gasteiger partial charge in [-0.2, -0.15) is 0 Å². The molecule has 1 aromatic carbocycles. The van der Waals surface area contributed by atoms with Crippen molar-refractivity contribution in [1.82, 2.24) is 4.90 Å². The van der Waals surface area contributed by atoms with E-state index in [0.717, 1.165) is 16.0 Å². The van der Waals surface area contributed by atoms with Crippen LogP contribution in [-0.2, 0) is 27.2 Å². The summed E-state index contributed by atoms with van der Waals surface area (Å²) >= 11 is 1.28. The van der Waals surface area contributed by atoms with Gasteiger partial charge in [0.25, 0.3) is 0 Å². The molecule has 0 saturated carbocycles. The van der Waals surface area contributed by atoms with Crippen LogP contribution in [0.4, 0.5) is 9.80 Å². The number of ether oxygens (including phenoxy) is 2. The molecule has 1 N–H and O–H groups in total. The first-order valence-electron chi connectivity index (χ1n) is 9.22. The number of amides is 2. The van der Waals surface area contributed by atoms with Crippen LogP contribution in [0.25, 0.3) is 6.08 Å². The Kier molecular flexibility index (Phi) is 6.66. The number of benzene rings is 1. The molecule has 0 fully saturated rings. The van der Waals surface area contributed by atoms with Gasteiger partial charge in [-0.05, 0) is 30.5 Å². The lowest BCUT2D eigenvalue weighted by Gasteiger charge is -2.26. The highest BCUT2D eigenvalue weighted by atomic mass is 32.1. The first kappa shape index (κ1) is 20.6. The number of methoxy groups -OCH3 is 1. The normalized spacial score (nSPS) is 13.1. The van der Waals surface area contributed by atoms with Crippen molar-refractivity contribution in [2.45, 2.75) is 19.9 Å². The van der Waals surface area contributed by atoms with E-state index < -0.39 is 5.97 Å². The monoisotopic (exact) mass is 414 g/mol. The lowest BCUT2D eigenvalue weighted by molar-refractivity contribution is -0.111. The summed E-state index contributed by atoms with van der Waals surface area (Å²) < 4.78 is 9.98. The first-order chi connectivity index (χ1) is 14.0. The second-order valence-electron chi connectivity index (χ2n) is 6.30. The number of hydrogen-bond acceptors (Lipinski definition) is 6. The standard InChI is InChI=1S/C21H22N2O5S/c1-3-28-21(26)23-12-11-15-16(13-23)29-19(18(15)20(25)27-2)22-17(24)10-9-14-7-5-4-6-8-14/h4-10H,3,11-13H2,1-2H3,(H,22,24). The van der Waals surface area contributed by atoms with Gasteiger partial charge in [0.15, 0.2) is 0 Å². The van der Waals surface area contributed by atoms with Crippen LogP contribution in [0.15, 0.2) is 36.4 Å². The predicted octanol–water partition coefficient (Wildman–Crippen LogP) is 3.70. The second-order valence-corrected chi connectivity index (χ2v) is 7.41. The first-order valence-corrected chi connectivity index (χ1v) is 10.0. The minimum atomic E-state index is -0.505. The molecule has 29 heavy (non-hydrogen) atoms. The van der Waals surface area contributed by atoms with Gasteiger partial charge in [-0.25, -0.2) is 9.59 Å². The van der Waals surface area contributed by atoms with Crippen molar-refractivity contribution in [3.8, 4) is 0 Å². The Morgan fingerprint density at radius 3 is 2.69 bits per heavy atom. The van der Waals surface area contributed by atoms with Crippen LogP contribution in [0.1, 0.15) is 33.3 Å². The Labute approximate surface area is 172 Å². The third-order valence-electron chi connectivity index (χ3n) is 4.44. The molecule has 1 aliphatic heterocycles. The van der Waals surface area contributed by atoms with Gasteiger partial charge in [0.05, 0.1) is 25.8 Å². The van der Waals surface area contributed by atoms with Crippen LogP contribution >= 0.6 is 11.3 Å². The zero-order valence-corrected chi connectivity index (χ0v) is 17.1. The van der Waals surface area contributed by atoms with Gasteiger partial charge >= 0.3 is 12.1 Å². The summed E-state index contributed by atoms with van der Waals surface area (Å²) in [6, 6.07) is 9.44. The van der Waals surface area contributed by atoms with Gasteiger partial charge in [-0.3, -0.25) is 4.79 Å². The van der Waals surface area contributed by atoms with Gasteiger partial charge in [-0.15, -0.1) is 11.3 Å². The number of carbonyl (C=O) groups is 3. The molecule has 2 amide bonds. The summed E-state index contributed by atoms with van der Waals surface area (Å²) in [6.45, 7) is 2.83. The molecule has 1 aliphatic rings. The van der Waals surface area contributed by atoms with Gasteiger partial charge in [0.1, 0.15) is 5.00 Å². The molecular weight excluding hydrogens is 392 g/mol. The van der Waals surface area contributed by atoms with E-state index in [1.807, 2.05) is 30.3 Å². The maximum absolute atomic E-state index is 12.4. The molecule has 0 bridgehead atoms. The maximum atomic E-state index is 12.4. The topological polar surface area (TPSA) is 84.9 Å². The summed E-state index contributed by atoms with van der Waals surface area (Å²) in [5, 5.41) is 3.21. The van der Waals surface area contributed by atoms with Crippen LogP contribution < -0.4 is 5.32 Å². The minimum absolute atomic E-state index is 0.301. The van der Waals surface area contributed by atoms with Gasteiger partial charge in [0, 0.05) is 17.5 Å². The third kappa shape index (κ3) is 4.83. The van der Waals surface area contributed by atoms with E-state index in [4.69, 9.17) is 9.47 Å². The largest absolute Gasteiger partial charge is 0.465 e. The number of fused-ring (bicyclic) bond motifs is 1. The van der Waals surface area contributed by atoms with E-state index >= 15 is 0 Å². The average molecular weight is 414 g/mol. The van der Waals surface area contributed by atoms with E-state index in [9.17, 15) is 14.4 Å². The van der Waals surface area contributed by atoms with Crippen molar-refractivity contribution in [3.05, 3.63) is 58.0 Å². The lowest BCUT2D eigenvalue weighted by atomic mass is 10.0. The van der Waals surface area contributed by atoms with Crippen molar-refractivity contribution in [2.24, 2.45) is 0 Å². The third-order valence-corrected chi connectivity index (χ3v) is 5.57. The van der Waals surface area contributed by atoms with Crippen molar-refractivity contribution in [3.63, 3.8) is 0 Å². The number of esters is 1. The zero-order chi connectivity index (χ0) is 20.8. The molecule has 0 aliphatic carbocycles. The van der Waals surface area contributed by atoms with Crippen molar-refractivity contribution < 1.29 is 23.9 Å². The lowest BCUT2D eigenvalue weighted by Crippen LogP contribution is -2.36. The zero-order valence-electron chi connectivity index (χ0n) is 16.3. The van der Waals surface area contributed by atoms with Crippen LogP contribution in [0.3, 0.4) is 0 Å². The molecule has 0 saturated heterocycles. The molecule has 1 aromatic heterocycles. The summed E-state index contributed by atoms with van der Waals surface area (Å²) in [6.07, 6.45) is 3.22. The predicted molar refractivity (Wildman–Crippen MR) is 111 cm³/mol. The summed E-state index contributed by atoms with van der Waals surface area (Å²) in [7, 11) is 1.31. The van der Waals surface area contributed by atoms with E-state index in [0.29, 0.717) is 36.7 Å². The minimum Gasteiger partial charge on any atom is -0.465 e. The average Bonchev–Trinajstić information content (AvgIpc) is 3.09. The Morgan fingerprint density at radius 1 is 1.24 bits per heavy atom. The number of thiophene rings is 1. The van der Waals surface area contributed by atoms with Gasteiger partial charge in [0.2, 0.25) is 5.91 Å². The summed E-state index contributed by atoms with van der Waals surface area (Å²) in [4.78, 5) is 39.2. The Bertz CT molecular complexity index is 936. The van der Waals surface area contributed by atoms with E-state index in [-0.39, 0.29) is 12.0 Å². The van der Waals surface area contributed by atoms with Gasteiger partial charge in [-0.1, -0.05) is 30.3 Å². The molecule has 0 atom stereocenters. The highest BCUT2D eigenvalue weighted by molar-refractivity contribution is 7.17. The quantitative estimate of drug-likeness (QED) is 0.596. The summed E-state index contributed by atoms with van der Waals surface area (Å²) in [5.74, 6) is -0.853. The van der Waals surface area contributed by atoms with Crippen molar-refractivity contribution >= 4 is 40.4 Å². The molecule has 2 aromatic rings. The fourth-order valence-corrected chi connectivity index (χ4v) is 4.32. The highest BCUT2D eigenvalue weighted by Gasteiger charge is 2.31. The Balaban J connectivity index is 1.81. The highest BCUT2D eigenvalue weighted by Crippen LogP contribution is 2.37. The van der Waals surface area contributed by atoms with Crippen LogP contribution in [-0.4, -0.2) is 43.1 Å². The van der Waals surface area contributed by atoms with Gasteiger partial charge < -0.3 is 19.7 Å². The molecule has 152 valence electrons. The van der Waals surface area contributed by atoms with E-state index in [1.165, 1.54) is 24.5 Å². The van der Waals surface area contributed by atoms with Crippen molar-refractivity contribution in [1.29, 1.82) is 0 Å². The number of hydrogen-bond donors (Lipinski definition) is 1. The summed E-state index contributed by atoms with van der Waals surface area (Å²) in [5.41, 5.74) is 2.06. The number of anilines is 1. The number of carbonyl (C=O) groups excluding carboxylic acids is 3. The molecule has 2 heterocycles. The van der Waals surface area contributed by atoms with E-state index in [1.54, 1.807) is 17.9 Å². The number of nitrogens with one attached hydrogen (secondary N) is 1.